The maximum Gasteiger partial charge on any atom is 0.306 e. The second-order valence-electron chi connectivity index (χ2n) is 28.8. The predicted octanol–water partition coefficient (Wildman–Crippen LogP) is -8.70. The third kappa shape index (κ3) is 25.0. The average molecular weight is 1820 g/mol. The van der Waals surface area contributed by atoms with E-state index in [-0.39, 0.29) is 75.5 Å². The molecule has 0 aromatic carbocycles. The summed E-state index contributed by atoms with van der Waals surface area (Å²) in [6, 6.07) is 0. The molecule has 0 radical (unpaired) electrons. The van der Waals surface area contributed by atoms with Crippen LogP contribution in [0, 0.1) is 0 Å². The second kappa shape index (κ2) is 45.4. The molecule has 28 fully saturated rings. The molecular formula is C66H102O44S7. The summed E-state index contributed by atoms with van der Waals surface area (Å²) in [5.41, 5.74) is 0. The van der Waals surface area contributed by atoms with Crippen LogP contribution in [0.1, 0.15) is 38.5 Å². The summed E-state index contributed by atoms with van der Waals surface area (Å²) in [5, 5.41) is 241. The van der Waals surface area contributed by atoms with E-state index in [9.17, 15) is 136 Å². The average Bonchev–Trinajstić information content (AvgIpc) is 0.946. The van der Waals surface area contributed by atoms with Crippen LogP contribution in [0.15, 0.2) is 0 Å². The van der Waals surface area contributed by atoms with Crippen LogP contribution < -0.4 is 0 Å². The minimum atomic E-state index is -2.29. The first-order valence-electron chi connectivity index (χ1n) is 37.3. The molecule has 117 heavy (non-hydrogen) atoms. The highest BCUT2D eigenvalue weighted by Crippen LogP contribution is 2.42. The molecule has 21 N–H and O–H groups in total. The number of hydrogen-bond acceptors (Lipinski definition) is 46. The van der Waals surface area contributed by atoms with E-state index >= 15 is 0 Å². The molecule has 0 amide bonds. The number of aliphatic hydroxyl groups excluding tert-OH is 16. The Balaban J connectivity index is 1.01. The Kier molecular flexibility index (Phi) is 37.7. The van der Waals surface area contributed by atoms with Gasteiger partial charge in [-0.15, -0.1) is 0 Å². The van der Waals surface area contributed by atoms with Crippen LogP contribution in [0.5, 0.6) is 0 Å². The van der Waals surface area contributed by atoms with Gasteiger partial charge in [0, 0.05) is 74.8 Å². The van der Waals surface area contributed by atoms with Crippen LogP contribution in [0.3, 0.4) is 0 Å². The number of aliphatic carboxylic acids is 5. The van der Waals surface area contributed by atoms with Gasteiger partial charge in [0.25, 0.3) is 0 Å². The summed E-state index contributed by atoms with van der Waals surface area (Å²) in [4.78, 5) is 72.0. The fourth-order valence-corrected chi connectivity index (χ4v) is 20.4. The lowest BCUT2D eigenvalue weighted by Crippen LogP contribution is -2.69. The molecule has 51 heteroatoms. The maximum absolute atomic E-state index is 13.4. The van der Waals surface area contributed by atoms with Gasteiger partial charge < -0.3 is 188 Å². The molecule has 28 heterocycles. The van der Waals surface area contributed by atoms with Crippen molar-refractivity contribution in [3.8, 4) is 0 Å². The van der Waals surface area contributed by atoms with E-state index in [4.69, 9.17) is 80.5 Å². The molecule has 0 unspecified atom stereocenters. The Morgan fingerprint density at radius 1 is 0.299 bits per heavy atom. The Hall–Kier alpha value is -2.01. The van der Waals surface area contributed by atoms with Crippen LogP contribution >= 0.6 is 83.2 Å². The summed E-state index contributed by atoms with van der Waals surface area (Å²) >= 11 is 9.97. The van der Waals surface area contributed by atoms with Crippen molar-refractivity contribution in [1.29, 1.82) is 0 Å². The van der Waals surface area contributed by atoms with Gasteiger partial charge in [-0.25, -0.2) is 0 Å². The van der Waals surface area contributed by atoms with Crippen molar-refractivity contribution in [2.24, 2.45) is 0 Å². The van der Waals surface area contributed by atoms with Gasteiger partial charge in [0.2, 0.25) is 0 Å². The molecule has 0 spiro atoms. The topological polar surface area (TPSA) is 684 Å². The van der Waals surface area contributed by atoms with Crippen molar-refractivity contribution in [1.82, 2.24) is 0 Å². The van der Waals surface area contributed by atoms with E-state index in [2.05, 4.69) is 12.6 Å². The highest BCUT2D eigenvalue weighted by atomic mass is 32.2. The Morgan fingerprint density at radius 3 is 0.769 bits per heavy atom. The Labute approximate surface area is 697 Å². The second-order valence-corrected chi connectivity index (χ2v) is 36.0. The van der Waals surface area contributed by atoms with Gasteiger partial charge in [0.05, 0.1) is 81.3 Å². The maximum atomic E-state index is 13.4. The van der Waals surface area contributed by atoms with E-state index in [1.807, 2.05) is 0 Å². The SMILES string of the molecule is O=C(O)CCSC[C@H]1O[C@@H]2O[C@H]3[C@H](O)[C@@H](O)[C@@H](O[C@H]4[C@H](O)[C@@H](O)[C@@H](O[C@H]5[C@H](O)[C@@H](O)[C@@H](O[C@H]6[C@H](O)[C@@H](O)[C@@H](O[C@H]7[C@H](O)[C@@H](O)[C@@H](O[C@H]8[C@H](O)[C@@H](O)[C@H]9O[C@H]%10[C@H](O)[C@@H](O)[C@@H](O[C@H]1[C@H](O)[C@H]2O)O[C@@H]%10COC(=O)CCSC[C@H]8O9)O[C@@H]7CS)O[C@@H]6CSCCC(=O)O)O[C@@H]5CSCCC(=O)O)O[C@@H]4CSCCC(=O)O)O[C@@H]3CSCCC(=O)O. The molecule has 0 aromatic heterocycles. The van der Waals surface area contributed by atoms with Crippen LogP contribution in [-0.4, -0.2) is 470 Å². The van der Waals surface area contributed by atoms with Crippen molar-refractivity contribution in [3.05, 3.63) is 0 Å². The number of cyclic esters (lactones) is 1. The molecule has 28 aliphatic heterocycles. The van der Waals surface area contributed by atoms with Crippen LogP contribution in [0.2, 0.25) is 0 Å². The summed E-state index contributed by atoms with van der Waals surface area (Å²) in [5.74, 6) is -9.94. The molecular weight excluding hydrogens is 1720 g/mol. The number of thioether (sulfide) groups is 6. The molecule has 18 bridgehead atoms. The molecule has 0 aromatic rings. The zero-order valence-corrected chi connectivity index (χ0v) is 67.7. The number of carbonyl (C=O) groups is 6. The number of ether oxygens (including phenoxy) is 17. The third-order valence-corrected chi connectivity index (χ3v) is 27.2. The normalized spacial score (nSPS) is 45.2. The van der Waals surface area contributed by atoms with Gasteiger partial charge in [-0.05, 0) is 0 Å². The molecule has 672 valence electrons. The van der Waals surface area contributed by atoms with Gasteiger partial charge >= 0.3 is 35.8 Å². The first kappa shape index (κ1) is 97.2. The quantitative estimate of drug-likeness (QED) is 0.0217. The minimum Gasteiger partial charge on any atom is -0.481 e. The van der Waals surface area contributed by atoms with Crippen LogP contribution in [-0.2, 0) is 109 Å². The smallest absolute Gasteiger partial charge is 0.306 e. The predicted molar refractivity (Wildman–Crippen MR) is 399 cm³/mol. The number of esters is 1. The molecule has 44 nitrogen and oxygen atoms in total. The molecule has 40 atom stereocenters. The number of carboxylic acids is 5. The van der Waals surface area contributed by atoms with E-state index in [1.165, 1.54) is 0 Å². The Morgan fingerprint density at radius 2 is 0.513 bits per heavy atom. The number of hydrogen-bond donors (Lipinski definition) is 22. The molecule has 28 aliphatic rings. The molecule has 0 saturated carbocycles. The molecule has 0 aliphatic carbocycles. The lowest BCUT2D eigenvalue weighted by Gasteiger charge is -2.51. The molecule has 28 saturated heterocycles. The van der Waals surface area contributed by atoms with Gasteiger partial charge in [-0.2, -0.15) is 83.2 Å². The van der Waals surface area contributed by atoms with Crippen LogP contribution in [0.25, 0.3) is 0 Å². The third-order valence-electron chi connectivity index (χ3n) is 20.5. The highest BCUT2D eigenvalue weighted by molar-refractivity contribution is 8.00. The zero-order valence-electron chi connectivity index (χ0n) is 61.9. The molecule has 28 rings (SSSR count). The van der Waals surface area contributed by atoms with Gasteiger partial charge in [0.1, 0.15) is 159 Å². The lowest BCUT2D eigenvalue weighted by molar-refractivity contribution is -0.397. The van der Waals surface area contributed by atoms with Crippen molar-refractivity contribution >= 4 is 119 Å². The zero-order chi connectivity index (χ0) is 85.0. The monoisotopic (exact) mass is 1820 g/mol. The Bertz CT molecular complexity index is 3160. The standard InChI is InChI=1S/C66H102O44S7/c67-29(68)1-7-112-15-23-53-39(82)47(90)63(99-23)108-56-25(17-114-9-3-31(71)72)101-65(49(92)41(56)84)110-58-27(19-116-11-5-33(75)76)102-66(50(93)42(58)85)109-57-26(18-115-10-4-32(73)74)100-64(48(91)40(57)83)107-55-24(16-113-8-2-30(69)70)98-62(46(89)38(55)81)104-52-22(14-111)96-60(44(87)36(52)79)106-54-28-20-117-12-6-34(77)94-13-21-51(35(78)43(86)59(95-21)105-53)103-61(97-28)45(88)37(54)80/h21-28,35-66,78-93,111H,1-20H2,(H,67,68)(H,69,70)(H,71,72)(H,73,74)(H,75,76)/t21-,22-,23-,24-,25-,26-,27-,28-,35-,36-,37-,38-,39-,40-,41-,42-,43-,44-,45-,46-,47-,48-,49-,50-,51-,52-,53-,54-,55-,56-,57-,58-,59-,60-,61-,62-,63-,64-,65-,66-/m1/s1. The van der Waals surface area contributed by atoms with E-state index in [0.29, 0.717) is 0 Å². The highest BCUT2D eigenvalue weighted by Gasteiger charge is 2.61. The van der Waals surface area contributed by atoms with Crippen molar-refractivity contribution in [3.63, 3.8) is 0 Å². The number of thiol groups is 1. The fourth-order valence-electron chi connectivity index (χ4n) is 14.2. The van der Waals surface area contributed by atoms with E-state index in [1.54, 1.807) is 0 Å². The van der Waals surface area contributed by atoms with E-state index in [0.717, 1.165) is 70.6 Å². The first-order valence-corrected chi connectivity index (χ1v) is 44.9. The summed E-state index contributed by atoms with van der Waals surface area (Å²) in [6.07, 6.45) is -81.7. The van der Waals surface area contributed by atoms with Gasteiger partial charge in [0.15, 0.2) is 50.3 Å². The number of carboxylic acid groups (broad SMARTS) is 5. The summed E-state index contributed by atoms with van der Waals surface area (Å²) in [7, 11) is 0. The van der Waals surface area contributed by atoms with Crippen molar-refractivity contribution < 1.29 is 217 Å². The number of carbonyl (C=O) groups excluding carboxylic acids is 1. The minimum absolute atomic E-state index is 0.0229. The van der Waals surface area contributed by atoms with Crippen molar-refractivity contribution in [2.75, 3.05) is 81.4 Å². The lowest BCUT2D eigenvalue weighted by atomic mass is 9.95. The van der Waals surface area contributed by atoms with Crippen molar-refractivity contribution in [2.45, 2.75) is 284 Å². The summed E-state index contributed by atoms with van der Waals surface area (Å²) < 4.78 is 105. The van der Waals surface area contributed by atoms with Gasteiger partial charge in [-0.3, -0.25) is 28.8 Å². The van der Waals surface area contributed by atoms with E-state index < -0.39 is 326 Å². The number of aliphatic hydroxyl groups is 16. The number of rotatable bonds is 26. The largest absolute Gasteiger partial charge is 0.481 e. The van der Waals surface area contributed by atoms with Crippen LogP contribution in [0.4, 0.5) is 0 Å². The fraction of sp³-hybridized carbons (Fsp3) is 0.909. The summed E-state index contributed by atoms with van der Waals surface area (Å²) in [6.45, 7) is -0.797. The first-order chi connectivity index (χ1) is 55.6. The van der Waals surface area contributed by atoms with Gasteiger partial charge in [-0.1, -0.05) is 0 Å².